The first-order valence-electron chi connectivity index (χ1n) is 5.96. The lowest BCUT2D eigenvalue weighted by molar-refractivity contribution is -0.137. The molecule has 7 heteroatoms. The van der Waals surface area contributed by atoms with Crippen LogP contribution in [0.25, 0.3) is 0 Å². The minimum absolute atomic E-state index is 0.0789. The molecule has 0 aromatic heterocycles. The first kappa shape index (κ1) is 15.5. The van der Waals surface area contributed by atoms with Gasteiger partial charge in [-0.15, -0.1) is 0 Å². The van der Waals surface area contributed by atoms with Crippen LogP contribution >= 0.6 is 0 Å². The topological polar surface area (TPSA) is 60.2 Å². The zero-order chi connectivity index (χ0) is 15.7. The van der Waals surface area contributed by atoms with E-state index in [0.29, 0.717) is 11.6 Å². The smallest absolute Gasteiger partial charge is 0.326 e. The second-order valence-electron chi connectivity index (χ2n) is 4.38. The lowest BCUT2D eigenvalue weighted by atomic mass is 10.2. The summed E-state index contributed by atoms with van der Waals surface area (Å²) < 4.78 is 62.7. The molecular formula is C14H12F3NO2S. The Bertz CT molecular complexity index is 755. The van der Waals surface area contributed by atoms with E-state index in [4.69, 9.17) is 5.73 Å². The molecule has 0 heterocycles. The van der Waals surface area contributed by atoms with E-state index >= 15 is 0 Å². The Morgan fingerprint density at radius 1 is 0.952 bits per heavy atom. The highest BCUT2D eigenvalue weighted by Gasteiger charge is 2.31. The van der Waals surface area contributed by atoms with Crippen LogP contribution in [0, 0.1) is 0 Å². The number of halogens is 3. The van der Waals surface area contributed by atoms with Gasteiger partial charge >= 0.3 is 6.18 Å². The van der Waals surface area contributed by atoms with Gasteiger partial charge in [-0.3, -0.25) is 0 Å². The summed E-state index contributed by atoms with van der Waals surface area (Å²) >= 11 is 0. The Balaban J connectivity index is 2.54. The van der Waals surface area contributed by atoms with Crippen molar-refractivity contribution in [2.45, 2.75) is 22.5 Å². The normalized spacial score (nSPS) is 12.4. The van der Waals surface area contributed by atoms with E-state index in [2.05, 4.69) is 0 Å². The maximum Gasteiger partial charge on any atom is 0.416 e. The molecule has 0 saturated carbocycles. The third-order valence-electron chi connectivity index (χ3n) is 2.92. The molecule has 2 aromatic rings. The van der Waals surface area contributed by atoms with E-state index < -0.39 is 26.5 Å². The molecule has 3 nitrogen and oxygen atoms in total. The quantitative estimate of drug-likeness (QED) is 0.947. The Morgan fingerprint density at radius 3 is 2.10 bits per heavy atom. The molecule has 0 aliphatic heterocycles. The highest BCUT2D eigenvalue weighted by Crippen LogP contribution is 2.32. The number of benzene rings is 2. The van der Waals surface area contributed by atoms with Crippen molar-refractivity contribution in [2.75, 3.05) is 0 Å². The summed E-state index contributed by atoms with van der Waals surface area (Å²) in [5.74, 6) is 0. The molecule has 2 rings (SSSR count). The predicted octanol–water partition coefficient (Wildman–Crippen LogP) is 3.00. The predicted molar refractivity (Wildman–Crippen MR) is 71.2 cm³/mol. The van der Waals surface area contributed by atoms with Crippen LogP contribution in [0.4, 0.5) is 13.2 Å². The summed E-state index contributed by atoms with van der Waals surface area (Å²) in [6.45, 7) is 0.145. The van der Waals surface area contributed by atoms with Gasteiger partial charge in [0.25, 0.3) is 0 Å². The van der Waals surface area contributed by atoms with E-state index in [-0.39, 0.29) is 11.4 Å². The second-order valence-corrected chi connectivity index (χ2v) is 6.33. The average Bonchev–Trinajstić information content (AvgIpc) is 2.46. The van der Waals surface area contributed by atoms with Gasteiger partial charge in [-0.05, 0) is 35.9 Å². The lowest BCUT2D eigenvalue weighted by Gasteiger charge is -2.10. The molecule has 0 aliphatic carbocycles. The molecule has 2 N–H and O–H groups in total. The maximum atomic E-state index is 12.7. The molecule has 0 saturated heterocycles. The standard InChI is InChI=1S/C14H12F3NO2S/c15-14(16,17)11-4-2-6-13(8-11)21(19,20)12-5-1-3-10(7-12)9-18/h1-8H,9,18H2. The molecule has 0 fully saturated rings. The largest absolute Gasteiger partial charge is 0.416 e. The van der Waals surface area contributed by atoms with Crippen molar-refractivity contribution in [3.05, 3.63) is 59.7 Å². The molecule has 0 atom stereocenters. The zero-order valence-corrected chi connectivity index (χ0v) is 11.6. The molecule has 0 spiro atoms. The molecule has 0 aliphatic rings. The van der Waals surface area contributed by atoms with Crippen molar-refractivity contribution < 1.29 is 21.6 Å². The van der Waals surface area contributed by atoms with Gasteiger partial charge in [0.1, 0.15) is 0 Å². The molecule has 0 amide bonds. The van der Waals surface area contributed by atoms with Crippen LogP contribution in [-0.4, -0.2) is 8.42 Å². The summed E-state index contributed by atoms with van der Waals surface area (Å²) in [7, 11) is -4.01. The third-order valence-corrected chi connectivity index (χ3v) is 4.67. The number of sulfone groups is 1. The Kier molecular flexibility index (Phi) is 4.06. The van der Waals surface area contributed by atoms with Gasteiger partial charge in [-0.2, -0.15) is 13.2 Å². The molecule has 112 valence electrons. The fourth-order valence-electron chi connectivity index (χ4n) is 1.82. The number of alkyl halides is 3. The summed E-state index contributed by atoms with van der Waals surface area (Å²) in [4.78, 5) is -0.476. The van der Waals surface area contributed by atoms with Crippen LogP contribution in [0.5, 0.6) is 0 Å². The monoisotopic (exact) mass is 315 g/mol. The van der Waals surface area contributed by atoms with Gasteiger partial charge in [0.15, 0.2) is 0 Å². The van der Waals surface area contributed by atoms with Gasteiger partial charge in [-0.1, -0.05) is 18.2 Å². The van der Waals surface area contributed by atoms with E-state index in [1.165, 1.54) is 18.2 Å². The summed E-state index contributed by atoms with van der Waals surface area (Å²) in [6, 6.07) is 9.50. The number of hydrogen-bond donors (Lipinski definition) is 1. The van der Waals surface area contributed by atoms with Gasteiger partial charge < -0.3 is 5.73 Å². The van der Waals surface area contributed by atoms with Crippen LogP contribution in [0.2, 0.25) is 0 Å². The first-order valence-corrected chi connectivity index (χ1v) is 7.45. The molecule has 0 radical (unpaired) electrons. The van der Waals surface area contributed by atoms with Crippen molar-refractivity contribution in [1.82, 2.24) is 0 Å². The lowest BCUT2D eigenvalue weighted by Crippen LogP contribution is -2.08. The average molecular weight is 315 g/mol. The second kappa shape index (κ2) is 5.50. The van der Waals surface area contributed by atoms with E-state index in [1.807, 2.05) is 0 Å². The highest BCUT2D eigenvalue weighted by atomic mass is 32.2. The zero-order valence-electron chi connectivity index (χ0n) is 10.8. The van der Waals surface area contributed by atoms with Crippen molar-refractivity contribution in [3.8, 4) is 0 Å². The SMILES string of the molecule is NCc1cccc(S(=O)(=O)c2cccc(C(F)(F)F)c2)c1. The van der Waals surface area contributed by atoms with Gasteiger partial charge in [0.2, 0.25) is 9.84 Å². The summed E-state index contributed by atoms with van der Waals surface area (Å²) in [5.41, 5.74) is 5.02. The summed E-state index contributed by atoms with van der Waals surface area (Å²) in [5, 5.41) is 0. The van der Waals surface area contributed by atoms with Gasteiger partial charge in [-0.25, -0.2) is 8.42 Å². The number of nitrogens with two attached hydrogens (primary N) is 1. The van der Waals surface area contributed by atoms with E-state index in [1.54, 1.807) is 6.07 Å². The summed E-state index contributed by atoms with van der Waals surface area (Å²) in [6.07, 6.45) is -4.59. The first-order chi connectivity index (χ1) is 9.75. The van der Waals surface area contributed by atoms with Crippen molar-refractivity contribution in [1.29, 1.82) is 0 Å². The molecule has 2 aromatic carbocycles. The minimum atomic E-state index is -4.59. The van der Waals surface area contributed by atoms with Crippen LogP contribution in [-0.2, 0) is 22.6 Å². The minimum Gasteiger partial charge on any atom is -0.326 e. The highest BCUT2D eigenvalue weighted by molar-refractivity contribution is 7.91. The Hall–Kier alpha value is -1.86. The van der Waals surface area contributed by atoms with Gasteiger partial charge in [0.05, 0.1) is 15.4 Å². The molecule has 0 bridgehead atoms. The van der Waals surface area contributed by atoms with Crippen molar-refractivity contribution in [3.63, 3.8) is 0 Å². The van der Waals surface area contributed by atoms with E-state index in [0.717, 1.165) is 18.2 Å². The van der Waals surface area contributed by atoms with Crippen LogP contribution < -0.4 is 5.73 Å². The van der Waals surface area contributed by atoms with Gasteiger partial charge in [0, 0.05) is 6.54 Å². The van der Waals surface area contributed by atoms with Crippen LogP contribution in [0.3, 0.4) is 0 Å². The fourth-order valence-corrected chi connectivity index (χ4v) is 3.19. The Labute approximate surface area is 120 Å². The van der Waals surface area contributed by atoms with Crippen LogP contribution in [0.15, 0.2) is 58.3 Å². The molecule has 0 unspecified atom stereocenters. The van der Waals surface area contributed by atoms with Crippen molar-refractivity contribution >= 4 is 9.84 Å². The Morgan fingerprint density at radius 2 is 1.52 bits per heavy atom. The van der Waals surface area contributed by atoms with Crippen molar-refractivity contribution in [2.24, 2.45) is 5.73 Å². The number of rotatable bonds is 3. The van der Waals surface area contributed by atoms with Crippen LogP contribution in [0.1, 0.15) is 11.1 Å². The third kappa shape index (κ3) is 3.25. The van der Waals surface area contributed by atoms with E-state index in [9.17, 15) is 21.6 Å². The fraction of sp³-hybridized carbons (Fsp3) is 0.143. The molecular weight excluding hydrogens is 303 g/mol. The molecule has 21 heavy (non-hydrogen) atoms. The maximum absolute atomic E-state index is 12.7. The number of hydrogen-bond acceptors (Lipinski definition) is 3.